The Hall–Kier alpha value is -2.38. The quantitative estimate of drug-likeness (QED) is 0.242. The Balaban J connectivity index is 2.70. The lowest BCUT2D eigenvalue weighted by molar-refractivity contribution is -0.391. The zero-order chi connectivity index (χ0) is 13.0. The van der Waals surface area contributed by atoms with Gasteiger partial charge < -0.3 is 15.4 Å². The van der Waals surface area contributed by atoms with Gasteiger partial charge in [-0.2, -0.15) is 0 Å². The van der Waals surface area contributed by atoms with Gasteiger partial charge >= 0.3 is 5.82 Å². The second-order valence-corrected chi connectivity index (χ2v) is 3.47. The monoisotopic (exact) mass is 240 g/mol. The van der Waals surface area contributed by atoms with Gasteiger partial charge in [-0.3, -0.25) is 15.9 Å². The van der Waals surface area contributed by atoms with Gasteiger partial charge in [0.1, 0.15) is 0 Å². The number of hydrogen-bond donors (Lipinski definition) is 3. The number of nitrogens with two attached hydrogens (primary N) is 2. The number of amides is 1. The minimum Gasteiger partial charge on any atom is -0.358 e. The smallest absolute Gasteiger partial charge is 0.323 e. The van der Waals surface area contributed by atoms with Crippen LogP contribution in [0, 0.1) is 10.1 Å². The van der Waals surface area contributed by atoms with Crippen molar-refractivity contribution in [3.8, 4) is 0 Å². The zero-order valence-corrected chi connectivity index (χ0v) is 9.34. The number of hydrogen-bond acceptors (Lipinski definition) is 3. The summed E-state index contributed by atoms with van der Waals surface area (Å²) >= 11 is 0. The fraction of sp³-hybridized carbons (Fsp3) is 0.333. The van der Waals surface area contributed by atoms with Gasteiger partial charge in [-0.05, 0) is 11.0 Å². The van der Waals surface area contributed by atoms with Gasteiger partial charge in [0.05, 0.1) is 13.5 Å². The summed E-state index contributed by atoms with van der Waals surface area (Å²) in [5.74, 6) is -0.315. The summed E-state index contributed by atoms with van der Waals surface area (Å²) in [6.45, 7) is 0.292. The van der Waals surface area contributed by atoms with Crippen LogP contribution in [-0.4, -0.2) is 27.8 Å². The normalized spacial score (nSPS) is 9.94. The van der Waals surface area contributed by atoms with E-state index in [9.17, 15) is 14.9 Å². The molecule has 0 atom stereocenters. The first kappa shape index (κ1) is 12.7. The molecule has 1 heterocycles. The number of carbonyl (C=O) groups is 1. The number of amidine groups is 1. The molecule has 0 saturated heterocycles. The van der Waals surface area contributed by atoms with Crippen molar-refractivity contribution in [1.29, 1.82) is 0 Å². The van der Waals surface area contributed by atoms with E-state index in [1.165, 1.54) is 23.7 Å². The molecule has 0 aliphatic carbocycles. The first-order valence-electron chi connectivity index (χ1n) is 4.88. The molecule has 1 aromatic rings. The highest BCUT2D eigenvalue weighted by Gasteiger charge is 2.20. The van der Waals surface area contributed by atoms with Crippen molar-refractivity contribution in [2.75, 3.05) is 6.54 Å². The van der Waals surface area contributed by atoms with E-state index >= 15 is 0 Å². The molecule has 5 N–H and O–H groups in total. The number of nitrogens with one attached hydrogen (secondary N) is 1. The molecule has 0 aliphatic heterocycles. The highest BCUT2D eigenvalue weighted by Crippen LogP contribution is 2.14. The van der Waals surface area contributed by atoms with E-state index in [1.54, 1.807) is 0 Å². The number of nitrogens with zero attached hydrogens (tertiary/aromatic N) is 2. The van der Waals surface area contributed by atoms with Crippen molar-refractivity contribution < 1.29 is 15.1 Å². The third kappa shape index (κ3) is 3.03. The van der Waals surface area contributed by atoms with Crippen molar-refractivity contribution in [1.82, 2.24) is 9.88 Å². The number of nitro groups is 1. The Morgan fingerprint density at radius 2 is 2.29 bits per heavy atom. The highest BCUT2D eigenvalue weighted by atomic mass is 16.6. The molecule has 8 nitrogen and oxygen atoms in total. The Morgan fingerprint density at radius 3 is 2.76 bits per heavy atom. The number of rotatable bonds is 5. The standard InChI is InChI=1S/C9H13N5O3/c1-13-6(2-3-8(13)14(16)17)9(15)12-5-4-7(10)11/h2-3H,4-5H2,1H3,(H3,10,11)(H,12,15)/p+1. The van der Waals surface area contributed by atoms with Gasteiger partial charge in [-0.15, -0.1) is 0 Å². The fourth-order valence-electron chi connectivity index (χ4n) is 1.32. The molecule has 0 unspecified atom stereocenters. The molecule has 1 amide bonds. The first-order valence-corrected chi connectivity index (χ1v) is 4.88. The Labute approximate surface area is 97.1 Å². The summed E-state index contributed by atoms with van der Waals surface area (Å²) in [7, 11) is 1.45. The van der Waals surface area contributed by atoms with Crippen LogP contribution in [0.25, 0.3) is 0 Å². The second kappa shape index (κ2) is 5.10. The van der Waals surface area contributed by atoms with Crippen LogP contribution in [0.1, 0.15) is 16.9 Å². The fourth-order valence-corrected chi connectivity index (χ4v) is 1.32. The number of carbonyl (C=O) groups excluding carboxylic acids is 1. The largest absolute Gasteiger partial charge is 0.358 e. The van der Waals surface area contributed by atoms with Crippen LogP contribution in [-0.2, 0) is 7.05 Å². The lowest BCUT2D eigenvalue weighted by Crippen LogP contribution is -2.47. The molecule has 0 radical (unpaired) electrons. The third-order valence-electron chi connectivity index (χ3n) is 2.21. The summed E-state index contributed by atoms with van der Waals surface area (Å²) in [5, 5.41) is 18.4. The highest BCUT2D eigenvalue weighted by molar-refractivity contribution is 5.93. The van der Waals surface area contributed by atoms with Crippen molar-refractivity contribution in [3.63, 3.8) is 0 Å². The molecule has 0 bridgehead atoms. The van der Waals surface area contributed by atoms with E-state index < -0.39 is 10.8 Å². The molecule has 0 fully saturated rings. The Morgan fingerprint density at radius 1 is 1.65 bits per heavy atom. The third-order valence-corrected chi connectivity index (χ3v) is 2.21. The lowest BCUT2D eigenvalue weighted by atomic mass is 10.3. The van der Waals surface area contributed by atoms with E-state index in [4.69, 9.17) is 11.1 Å². The van der Waals surface area contributed by atoms with Crippen molar-refractivity contribution in [2.45, 2.75) is 6.42 Å². The maximum atomic E-state index is 11.6. The topological polar surface area (TPSA) is 129 Å². The minimum atomic E-state index is -0.553. The van der Waals surface area contributed by atoms with Gasteiger partial charge in [0.25, 0.3) is 5.91 Å². The molecule has 0 saturated carbocycles. The van der Waals surface area contributed by atoms with Crippen LogP contribution < -0.4 is 16.5 Å². The average molecular weight is 240 g/mol. The SMILES string of the molecule is Cn1c(C(=O)NCCC(N)=[NH2+])ccc1[N+](=O)[O-]. The lowest BCUT2D eigenvalue weighted by Gasteiger charge is -2.02. The van der Waals surface area contributed by atoms with Crippen LogP contribution in [0.5, 0.6) is 0 Å². The van der Waals surface area contributed by atoms with E-state index in [0.29, 0.717) is 13.0 Å². The van der Waals surface area contributed by atoms with Gasteiger partial charge in [-0.25, -0.2) is 4.57 Å². The summed E-state index contributed by atoms with van der Waals surface area (Å²) in [5.41, 5.74) is 5.45. The molecule has 17 heavy (non-hydrogen) atoms. The minimum absolute atomic E-state index is 0.139. The van der Waals surface area contributed by atoms with Gasteiger partial charge in [-0.1, -0.05) is 0 Å². The molecular formula is C9H14N5O3+. The molecule has 92 valence electrons. The predicted octanol–water partition coefficient (Wildman–Crippen LogP) is -1.83. The molecule has 8 heteroatoms. The average Bonchev–Trinajstić information content (AvgIpc) is 2.59. The van der Waals surface area contributed by atoms with E-state index in [2.05, 4.69) is 5.32 Å². The molecular weight excluding hydrogens is 226 g/mol. The second-order valence-electron chi connectivity index (χ2n) is 3.47. The first-order chi connectivity index (χ1) is 7.93. The summed E-state index contributed by atoms with van der Waals surface area (Å²) < 4.78 is 1.21. The predicted molar refractivity (Wildman–Crippen MR) is 60.1 cm³/mol. The molecule has 1 rings (SSSR count). The van der Waals surface area contributed by atoms with Crippen LogP contribution >= 0.6 is 0 Å². The van der Waals surface area contributed by atoms with Crippen molar-refractivity contribution in [3.05, 3.63) is 27.9 Å². The van der Waals surface area contributed by atoms with Crippen LogP contribution in [0.3, 0.4) is 0 Å². The van der Waals surface area contributed by atoms with Gasteiger partial charge in [0.2, 0.25) is 5.84 Å². The Kier molecular flexibility index (Phi) is 3.81. The van der Waals surface area contributed by atoms with Crippen molar-refractivity contribution in [2.24, 2.45) is 12.8 Å². The molecule has 0 spiro atoms. The van der Waals surface area contributed by atoms with Gasteiger partial charge in [0.15, 0.2) is 5.69 Å². The number of aromatic nitrogens is 1. The summed E-state index contributed by atoms with van der Waals surface area (Å²) in [6, 6.07) is 2.67. The maximum absolute atomic E-state index is 11.6. The van der Waals surface area contributed by atoms with E-state index in [-0.39, 0.29) is 17.3 Å². The molecule has 0 aliphatic rings. The van der Waals surface area contributed by atoms with Crippen molar-refractivity contribution >= 4 is 17.6 Å². The molecule has 0 aromatic carbocycles. The van der Waals surface area contributed by atoms with Crippen LogP contribution in [0.4, 0.5) is 5.82 Å². The maximum Gasteiger partial charge on any atom is 0.323 e. The Bertz CT molecular complexity index is 465. The van der Waals surface area contributed by atoms with E-state index in [0.717, 1.165) is 0 Å². The summed E-state index contributed by atoms with van der Waals surface area (Å²) in [6.07, 6.45) is 0.359. The van der Waals surface area contributed by atoms with Gasteiger partial charge in [0, 0.05) is 12.6 Å². The van der Waals surface area contributed by atoms with Crippen LogP contribution in [0.2, 0.25) is 0 Å². The van der Waals surface area contributed by atoms with E-state index in [1.807, 2.05) is 0 Å². The van der Waals surface area contributed by atoms with Crippen LogP contribution in [0.15, 0.2) is 12.1 Å². The zero-order valence-electron chi connectivity index (χ0n) is 9.34. The molecule has 1 aromatic heterocycles. The summed E-state index contributed by atoms with van der Waals surface area (Å²) in [4.78, 5) is 21.7.